The second kappa shape index (κ2) is 3.92. The molecule has 0 aliphatic carbocycles. The van der Waals surface area contributed by atoms with Crippen molar-refractivity contribution in [1.29, 1.82) is 0 Å². The number of hydrogen-bond donors (Lipinski definition) is 1. The Morgan fingerprint density at radius 2 is 1.82 bits per heavy atom. The van der Waals surface area contributed by atoms with Crippen LogP contribution in [-0.4, -0.2) is 12.6 Å². The summed E-state index contributed by atoms with van der Waals surface area (Å²) >= 11 is 0. The quantitative estimate of drug-likeness (QED) is 0.657. The normalized spacial score (nSPS) is 15.5. The highest BCUT2D eigenvalue weighted by molar-refractivity contribution is 4.52. The van der Waals surface area contributed by atoms with E-state index in [4.69, 9.17) is 5.73 Å². The lowest BCUT2D eigenvalue weighted by Gasteiger charge is -2.16. The van der Waals surface area contributed by atoms with Gasteiger partial charge in [0.25, 0.3) is 0 Å². The Labute approximate surface area is 63.5 Å². The smallest absolute Gasteiger partial charge is 0.306 e. The monoisotopic (exact) mass is 171 g/mol. The molecule has 0 aliphatic rings. The van der Waals surface area contributed by atoms with E-state index in [1.807, 2.05) is 0 Å². The van der Waals surface area contributed by atoms with Gasteiger partial charge in [-0.25, -0.2) is 0 Å². The molecule has 0 amide bonds. The van der Waals surface area contributed by atoms with Crippen molar-refractivity contribution in [3.63, 3.8) is 0 Å². The van der Waals surface area contributed by atoms with Gasteiger partial charge < -0.3 is 5.73 Å². The second-order valence-corrected chi connectivity index (χ2v) is 2.73. The van der Waals surface area contributed by atoms with Crippen LogP contribution in [0.3, 0.4) is 0 Å². The fourth-order valence-electron chi connectivity index (χ4n) is 0.684. The van der Waals surface area contributed by atoms with Gasteiger partial charge in [-0.2, -0.15) is 0 Å². The van der Waals surface area contributed by atoms with Crippen molar-refractivity contribution in [1.82, 2.24) is 0 Å². The Kier molecular flexibility index (Phi) is 3.82. The van der Waals surface area contributed by atoms with Gasteiger partial charge in [-0.1, -0.05) is 13.8 Å². The standard InChI is InChI=1S/C6H12F3NO/c1-4(2)3-5(10)11-6(7,8)9/h4-5H,3,10H2,1-2H3/t5-/m0/s1. The zero-order valence-corrected chi connectivity index (χ0v) is 6.48. The summed E-state index contributed by atoms with van der Waals surface area (Å²) in [6.07, 6.45) is -5.65. The van der Waals surface area contributed by atoms with Crippen molar-refractivity contribution < 1.29 is 17.9 Å². The number of hydrogen-bond acceptors (Lipinski definition) is 2. The van der Waals surface area contributed by atoms with Gasteiger partial charge in [0.1, 0.15) is 6.23 Å². The fraction of sp³-hybridized carbons (Fsp3) is 1.00. The van der Waals surface area contributed by atoms with E-state index in [0.717, 1.165) is 0 Å². The predicted molar refractivity (Wildman–Crippen MR) is 34.6 cm³/mol. The summed E-state index contributed by atoms with van der Waals surface area (Å²) in [6, 6.07) is 0. The van der Waals surface area contributed by atoms with Crippen LogP contribution in [0, 0.1) is 5.92 Å². The Morgan fingerprint density at radius 1 is 1.36 bits per heavy atom. The molecule has 11 heavy (non-hydrogen) atoms. The first-order valence-corrected chi connectivity index (χ1v) is 3.31. The molecule has 0 fully saturated rings. The molecule has 0 saturated heterocycles. The number of ether oxygens (including phenoxy) is 1. The van der Waals surface area contributed by atoms with Crippen molar-refractivity contribution >= 4 is 0 Å². The molecule has 0 rings (SSSR count). The van der Waals surface area contributed by atoms with Crippen molar-refractivity contribution in [3.8, 4) is 0 Å². The van der Waals surface area contributed by atoms with E-state index < -0.39 is 12.6 Å². The van der Waals surface area contributed by atoms with Crippen molar-refractivity contribution in [3.05, 3.63) is 0 Å². The van der Waals surface area contributed by atoms with E-state index in [2.05, 4.69) is 4.74 Å². The van der Waals surface area contributed by atoms with Crippen LogP contribution in [0.2, 0.25) is 0 Å². The Balaban J connectivity index is 3.61. The maximum absolute atomic E-state index is 11.5. The molecule has 68 valence electrons. The van der Waals surface area contributed by atoms with Gasteiger partial charge in [-0.05, 0) is 12.3 Å². The predicted octanol–water partition coefficient (Wildman–Crippen LogP) is 1.85. The SMILES string of the molecule is CC(C)C[C@@H](N)OC(F)(F)F. The van der Waals surface area contributed by atoms with Crippen LogP contribution in [0.4, 0.5) is 13.2 Å². The zero-order valence-electron chi connectivity index (χ0n) is 6.48. The molecule has 0 aromatic rings. The van der Waals surface area contributed by atoms with Crippen molar-refractivity contribution in [2.45, 2.75) is 32.9 Å². The largest absolute Gasteiger partial charge is 0.524 e. The van der Waals surface area contributed by atoms with Crippen LogP contribution < -0.4 is 5.73 Å². The van der Waals surface area contributed by atoms with Crippen LogP contribution in [-0.2, 0) is 4.74 Å². The highest BCUT2D eigenvalue weighted by Gasteiger charge is 2.32. The summed E-state index contributed by atoms with van der Waals surface area (Å²) in [5, 5.41) is 0. The van der Waals surface area contributed by atoms with Crippen LogP contribution in [0.15, 0.2) is 0 Å². The molecule has 0 radical (unpaired) electrons. The molecule has 2 nitrogen and oxygen atoms in total. The molecule has 0 aromatic heterocycles. The summed E-state index contributed by atoms with van der Waals surface area (Å²) in [5.74, 6) is 0.104. The number of rotatable bonds is 3. The van der Waals surface area contributed by atoms with Gasteiger partial charge in [0.2, 0.25) is 0 Å². The first kappa shape index (κ1) is 10.7. The third-order valence-corrected chi connectivity index (χ3v) is 0.989. The van der Waals surface area contributed by atoms with E-state index in [9.17, 15) is 13.2 Å². The third-order valence-electron chi connectivity index (χ3n) is 0.989. The molecule has 5 heteroatoms. The molecule has 1 atom stereocenters. The maximum Gasteiger partial charge on any atom is 0.524 e. The van der Waals surface area contributed by atoms with Gasteiger partial charge in [0.05, 0.1) is 0 Å². The Hall–Kier alpha value is -0.290. The van der Waals surface area contributed by atoms with Gasteiger partial charge in [-0.15, -0.1) is 13.2 Å². The second-order valence-electron chi connectivity index (χ2n) is 2.73. The molecule has 0 aromatic carbocycles. The van der Waals surface area contributed by atoms with Crippen LogP contribution in [0.1, 0.15) is 20.3 Å². The molecule has 0 spiro atoms. The maximum atomic E-state index is 11.5. The minimum Gasteiger partial charge on any atom is -0.306 e. The molecular weight excluding hydrogens is 159 g/mol. The highest BCUT2D eigenvalue weighted by atomic mass is 19.4. The van der Waals surface area contributed by atoms with Crippen molar-refractivity contribution in [2.24, 2.45) is 11.7 Å². The minimum atomic E-state index is -4.62. The summed E-state index contributed by atoms with van der Waals surface area (Å²) in [6.45, 7) is 3.55. The fourth-order valence-corrected chi connectivity index (χ4v) is 0.684. The van der Waals surface area contributed by atoms with Crippen LogP contribution >= 0.6 is 0 Å². The molecule has 0 bridgehead atoms. The van der Waals surface area contributed by atoms with E-state index in [1.54, 1.807) is 13.8 Å². The lowest BCUT2D eigenvalue weighted by atomic mass is 10.1. The van der Waals surface area contributed by atoms with Crippen LogP contribution in [0.5, 0.6) is 0 Å². The zero-order chi connectivity index (χ0) is 9.07. The average molecular weight is 171 g/mol. The molecule has 2 N–H and O–H groups in total. The van der Waals surface area contributed by atoms with E-state index in [-0.39, 0.29) is 12.3 Å². The average Bonchev–Trinajstić information content (AvgIpc) is 1.53. The van der Waals surface area contributed by atoms with Gasteiger partial charge >= 0.3 is 6.36 Å². The third kappa shape index (κ3) is 7.61. The number of alkyl halides is 3. The van der Waals surface area contributed by atoms with E-state index >= 15 is 0 Å². The number of halogens is 3. The van der Waals surface area contributed by atoms with Gasteiger partial charge in [-0.3, -0.25) is 4.74 Å². The molecule has 0 unspecified atom stereocenters. The van der Waals surface area contributed by atoms with Gasteiger partial charge in [0, 0.05) is 0 Å². The molecule has 0 heterocycles. The minimum absolute atomic E-state index is 0.104. The summed E-state index contributed by atoms with van der Waals surface area (Å²) in [7, 11) is 0. The first-order chi connectivity index (χ1) is 4.81. The van der Waals surface area contributed by atoms with E-state index in [0.29, 0.717) is 0 Å². The van der Waals surface area contributed by atoms with E-state index in [1.165, 1.54) is 0 Å². The van der Waals surface area contributed by atoms with Gasteiger partial charge in [0.15, 0.2) is 0 Å². The summed E-state index contributed by atoms with van der Waals surface area (Å²) < 4.78 is 37.9. The first-order valence-electron chi connectivity index (χ1n) is 3.31. The number of nitrogens with two attached hydrogens (primary N) is 1. The Morgan fingerprint density at radius 3 is 2.09 bits per heavy atom. The lowest BCUT2D eigenvalue weighted by Crippen LogP contribution is -2.32. The molecule has 0 saturated carbocycles. The van der Waals surface area contributed by atoms with Crippen molar-refractivity contribution in [2.75, 3.05) is 0 Å². The Bertz CT molecular complexity index is 113. The molecule has 0 aliphatic heterocycles. The lowest BCUT2D eigenvalue weighted by molar-refractivity contribution is -0.343. The molecular formula is C6H12F3NO. The topological polar surface area (TPSA) is 35.2 Å². The highest BCUT2D eigenvalue weighted by Crippen LogP contribution is 2.19. The van der Waals surface area contributed by atoms with Crippen LogP contribution in [0.25, 0.3) is 0 Å². The summed E-state index contributed by atoms with van der Waals surface area (Å²) in [5.41, 5.74) is 5.02. The summed E-state index contributed by atoms with van der Waals surface area (Å²) in [4.78, 5) is 0.